The van der Waals surface area contributed by atoms with Gasteiger partial charge in [0.05, 0.1) is 22.4 Å². The van der Waals surface area contributed by atoms with Crippen LogP contribution in [0.5, 0.6) is 0 Å². The zero-order valence-corrected chi connectivity index (χ0v) is 17.6. The Bertz CT molecular complexity index is 1330. The molecule has 2 N–H and O–H groups in total. The van der Waals surface area contributed by atoms with E-state index in [1.807, 2.05) is 0 Å². The quantitative estimate of drug-likeness (QED) is 0.397. The minimum Gasteiger partial charge on any atom is -0.323 e. The number of nitrogens with zero attached hydrogens (tertiary/aromatic N) is 2. The number of hydrogen-bond acceptors (Lipinski definition) is 3. The molecule has 1 aromatic heterocycles. The Labute approximate surface area is 191 Å². The van der Waals surface area contributed by atoms with Crippen LogP contribution in [-0.4, -0.2) is 21.4 Å². The molecule has 0 unspecified atom stereocenters. The van der Waals surface area contributed by atoms with Crippen molar-refractivity contribution in [2.45, 2.75) is 12.7 Å². The van der Waals surface area contributed by atoms with Crippen LogP contribution in [0.1, 0.15) is 16.2 Å². The summed E-state index contributed by atoms with van der Waals surface area (Å²) in [6, 6.07) is 18.6. The molecule has 4 rings (SSSR count). The normalized spacial score (nSPS) is 11.4. The second kappa shape index (κ2) is 8.95. The first-order valence-corrected chi connectivity index (χ1v) is 10.1. The Hall–Kier alpha value is -3.85. The van der Waals surface area contributed by atoms with Crippen LogP contribution in [0.4, 0.5) is 24.5 Å². The van der Waals surface area contributed by atoms with Crippen molar-refractivity contribution in [2.24, 2.45) is 0 Å². The van der Waals surface area contributed by atoms with Crippen molar-refractivity contribution in [2.75, 3.05) is 10.6 Å². The van der Waals surface area contributed by atoms with Gasteiger partial charge in [0.1, 0.15) is 6.54 Å². The molecule has 3 aromatic carbocycles. The molecule has 0 aliphatic carbocycles. The lowest BCUT2D eigenvalue weighted by Crippen LogP contribution is -2.24. The number of nitrogens with one attached hydrogen (secondary N) is 2. The van der Waals surface area contributed by atoms with Gasteiger partial charge in [-0.15, -0.1) is 0 Å². The Morgan fingerprint density at radius 1 is 0.879 bits per heavy atom. The van der Waals surface area contributed by atoms with E-state index in [9.17, 15) is 22.8 Å². The van der Waals surface area contributed by atoms with Crippen LogP contribution in [0.25, 0.3) is 11.0 Å². The van der Waals surface area contributed by atoms with Crippen molar-refractivity contribution >= 4 is 45.8 Å². The van der Waals surface area contributed by atoms with E-state index in [1.165, 1.54) is 18.2 Å². The minimum atomic E-state index is -4.73. The number of para-hydroxylation sites is 4. The van der Waals surface area contributed by atoms with Gasteiger partial charge in [0.2, 0.25) is 11.7 Å². The number of hydrogen-bond donors (Lipinski definition) is 2. The molecular formula is C23H16ClF3N4O2. The average Bonchev–Trinajstić information content (AvgIpc) is 3.14. The molecular weight excluding hydrogens is 457 g/mol. The monoisotopic (exact) mass is 472 g/mol. The third kappa shape index (κ3) is 4.98. The Morgan fingerprint density at radius 2 is 1.48 bits per heavy atom. The molecule has 1 heterocycles. The summed E-state index contributed by atoms with van der Waals surface area (Å²) in [5.74, 6) is -2.31. The Balaban J connectivity index is 1.56. The van der Waals surface area contributed by atoms with Gasteiger partial charge >= 0.3 is 6.18 Å². The zero-order valence-electron chi connectivity index (χ0n) is 16.9. The predicted molar refractivity (Wildman–Crippen MR) is 119 cm³/mol. The summed E-state index contributed by atoms with van der Waals surface area (Å²) in [5.41, 5.74) is 1.19. The summed E-state index contributed by atoms with van der Waals surface area (Å²) in [5, 5.41) is 5.72. The first kappa shape index (κ1) is 22.3. The average molecular weight is 473 g/mol. The van der Waals surface area contributed by atoms with E-state index in [0.29, 0.717) is 10.6 Å². The van der Waals surface area contributed by atoms with Crippen LogP contribution in [0.15, 0.2) is 72.8 Å². The first-order valence-electron chi connectivity index (χ1n) is 9.70. The number of halogens is 4. The molecule has 0 fully saturated rings. The zero-order chi connectivity index (χ0) is 23.6. The molecule has 33 heavy (non-hydrogen) atoms. The van der Waals surface area contributed by atoms with Gasteiger partial charge in [-0.25, -0.2) is 4.98 Å². The van der Waals surface area contributed by atoms with Crippen LogP contribution < -0.4 is 10.6 Å². The number of fused-ring (bicyclic) bond motifs is 1. The molecule has 0 aliphatic heterocycles. The molecule has 0 saturated heterocycles. The molecule has 4 aromatic rings. The fourth-order valence-electron chi connectivity index (χ4n) is 3.28. The summed E-state index contributed by atoms with van der Waals surface area (Å²) >= 11 is 5.84. The van der Waals surface area contributed by atoms with Gasteiger partial charge in [-0.2, -0.15) is 13.2 Å². The molecule has 168 valence electrons. The lowest BCUT2D eigenvalue weighted by molar-refractivity contribution is -0.147. The Kier molecular flexibility index (Phi) is 6.06. The van der Waals surface area contributed by atoms with Crippen LogP contribution in [0.3, 0.4) is 0 Å². The number of amides is 2. The summed E-state index contributed by atoms with van der Waals surface area (Å²) in [7, 11) is 0. The van der Waals surface area contributed by atoms with E-state index in [0.717, 1.165) is 4.57 Å². The summed E-state index contributed by atoms with van der Waals surface area (Å²) in [6.45, 7) is -0.616. The maximum absolute atomic E-state index is 13.5. The molecule has 0 spiro atoms. The third-order valence-electron chi connectivity index (χ3n) is 4.77. The van der Waals surface area contributed by atoms with Gasteiger partial charge in [0, 0.05) is 10.6 Å². The number of imidazole rings is 1. The summed E-state index contributed by atoms with van der Waals surface area (Å²) in [6.07, 6.45) is -4.73. The van der Waals surface area contributed by atoms with Gasteiger partial charge in [0.25, 0.3) is 5.91 Å². The predicted octanol–water partition coefficient (Wildman–Crippen LogP) is 5.60. The van der Waals surface area contributed by atoms with E-state index in [4.69, 9.17) is 11.6 Å². The first-order chi connectivity index (χ1) is 15.7. The number of alkyl halides is 3. The van der Waals surface area contributed by atoms with Crippen LogP contribution >= 0.6 is 11.6 Å². The van der Waals surface area contributed by atoms with Crippen molar-refractivity contribution < 1.29 is 22.8 Å². The van der Waals surface area contributed by atoms with Gasteiger partial charge in [0.15, 0.2) is 0 Å². The highest BCUT2D eigenvalue weighted by Gasteiger charge is 2.38. The number of anilines is 2. The number of carbonyl (C=O) groups is 2. The number of benzene rings is 3. The fraction of sp³-hybridized carbons (Fsp3) is 0.0870. The van der Waals surface area contributed by atoms with Crippen LogP contribution in [0, 0.1) is 0 Å². The number of aromatic nitrogens is 2. The van der Waals surface area contributed by atoms with Gasteiger partial charge in [-0.05, 0) is 48.5 Å². The molecule has 0 atom stereocenters. The summed E-state index contributed by atoms with van der Waals surface area (Å²) in [4.78, 5) is 28.8. The number of rotatable bonds is 5. The molecule has 0 aliphatic rings. The van der Waals surface area contributed by atoms with E-state index in [-0.39, 0.29) is 22.4 Å². The SMILES string of the molecule is O=C(Cn1c(C(F)(F)F)nc2ccccc21)Nc1ccccc1NC(=O)c1ccc(Cl)cc1. The van der Waals surface area contributed by atoms with Crippen LogP contribution in [-0.2, 0) is 17.5 Å². The molecule has 2 amide bonds. The van der Waals surface area contributed by atoms with Crippen molar-refractivity contribution in [3.05, 3.63) is 89.2 Å². The largest absolute Gasteiger partial charge is 0.449 e. The maximum atomic E-state index is 13.5. The van der Waals surface area contributed by atoms with Gasteiger partial charge < -0.3 is 15.2 Å². The Morgan fingerprint density at radius 3 is 2.15 bits per heavy atom. The molecule has 0 bridgehead atoms. The van der Waals surface area contributed by atoms with Crippen molar-refractivity contribution in [3.8, 4) is 0 Å². The molecule has 0 radical (unpaired) electrons. The maximum Gasteiger partial charge on any atom is 0.449 e. The highest BCUT2D eigenvalue weighted by atomic mass is 35.5. The molecule has 10 heteroatoms. The third-order valence-corrected chi connectivity index (χ3v) is 5.02. The smallest absolute Gasteiger partial charge is 0.323 e. The second-order valence-electron chi connectivity index (χ2n) is 7.06. The molecule has 6 nitrogen and oxygen atoms in total. The standard InChI is InChI=1S/C23H16ClF3N4O2/c24-15-11-9-14(10-12-15)21(33)29-17-6-2-1-5-16(17)28-20(32)13-31-19-8-4-3-7-18(19)30-22(31)23(25,26)27/h1-12H,13H2,(H,28,32)(H,29,33). The fourth-order valence-corrected chi connectivity index (χ4v) is 3.41. The van der Waals surface area contributed by atoms with E-state index in [1.54, 1.807) is 54.6 Å². The molecule has 0 saturated carbocycles. The van der Waals surface area contributed by atoms with E-state index >= 15 is 0 Å². The minimum absolute atomic E-state index is 0.133. The lowest BCUT2D eigenvalue weighted by Gasteiger charge is -2.14. The van der Waals surface area contributed by atoms with E-state index < -0.39 is 30.4 Å². The lowest BCUT2D eigenvalue weighted by atomic mass is 10.2. The van der Waals surface area contributed by atoms with Gasteiger partial charge in [-0.3, -0.25) is 9.59 Å². The van der Waals surface area contributed by atoms with Crippen molar-refractivity contribution in [1.82, 2.24) is 9.55 Å². The highest BCUT2D eigenvalue weighted by Crippen LogP contribution is 2.31. The van der Waals surface area contributed by atoms with Crippen molar-refractivity contribution in [3.63, 3.8) is 0 Å². The van der Waals surface area contributed by atoms with Gasteiger partial charge in [-0.1, -0.05) is 35.9 Å². The van der Waals surface area contributed by atoms with Crippen molar-refractivity contribution in [1.29, 1.82) is 0 Å². The highest BCUT2D eigenvalue weighted by molar-refractivity contribution is 6.30. The topological polar surface area (TPSA) is 76.0 Å². The number of carbonyl (C=O) groups excluding carboxylic acids is 2. The second-order valence-corrected chi connectivity index (χ2v) is 7.50. The summed E-state index contributed by atoms with van der Waals surface area (Å²) < 4.78 is 41.3. The van der Waals surface area contributed by atoms with E-state index in [2.05, 4.69) is 15.6 Å². The van der Waals surface area contributed by atoms with Crippen LogP contribution in [0.2, 0.25) is 5.02 Å².